The molecule has 1 N–H and O–H groups in total. The molecule has 0 atom stereocenters. The van der Waals surface area contributed by atoms with Crippen LogP contribution < -0.4 is 5.32 Å². The van der Waals surface area contributed by atoms with Gasteiger partial charge in [-0.2, -0.15) is 4.31 Å². The normalized spacial score (nSPS) is 15.5. The minimum Gasteiger partial charge on any atom is -0.352 e. The molecule has 1 amide bonds. The van der Waals surface area contributed by atoms with Crippen molar-refractivity contribution >= 4 is 27.3 Å². The highest BCUT2D eigenvalue weighted by Crippen LogP contribution is 2.33. The van der Waals surface area contributed by atoms with E-state index < -0.39 is 10.0 Å². The molecule has 152 valence electrons. The van der Waals surface area contributed by atoms with Gasteiger partial charge in [-0.15, -0.1) is 11.3 Å². The first-order chi connectivity index (χ1) is 13.5. The van der Waals surface area contributed by atoms with Crippen molar-refractivity contribution in [3.05, 3.63) is 42.0 Å². The Bertz CT molecular complexity index is 883. The van der Waals surface area contributed by atoms with E-state index in [9.17, 15) is 13.2 Å². The number of rotatable bonds is 8. The van der Waals surface area contributed by atoms with Crippen molar-refractivity contribution in [3.8, 4) is 10.4 Å². The van der Waals surface area contributed by atoms with Crippen molar-refractivity contribution in [2.24, 2.45) is 0 Å². The Morgan fingerprint density at radius 3 is 2.43 bits per heavy atom. The zero-order valence-electron chi connectivity index (χ0n) is 16.3. The molecule has 1 fully saturated rings. The van der Waals surface area contributed by atoms with Gasteiger partial charge in [0.25, 0.3) is 15.9 Å². The van der Waals surface area contributed by atoms with Crippen LogP contribution in [0.3, 0.4) is 0 Å². The highest BCUT2D eigenvalue weighted by Gasteiger charge is 2.27. The van der Waals surface area contributed by atoms with Gasteiger partial charge in [-0.3, -0.25) is 4.79 Å². The van der Waals surface area contributed by atoms with Gasteiger partial charge in [0.2, 0.25) is 0 Å². The number of thiophene rings is 1. The summed E-state index contributed by atoms with van der Waals surface area (Å²) in [5, 5.41) is 2.93. The molecular weight excluding hydrogens is 392 g/mol. The van der Waals surface area contributed by atoms with E-state index in [2.05, 4.69) is 12.2 Å². The Kier molecular flexibility index (Phi) is 7.26. The van der Waals surface area contributed by atoms with Crippen LogP contribution in [0.2, 0.25) is 0 Å². The predicted molar refractivity (Wildman–Crippen MR) is 114 cm³/mol. The third kappa shape index (κ3) is 5.01. The van der Waals surface area contributed by atoms with Crippen molar-refractivity contribution < 1.29 is 13.2 Å². The lowest BCUT2D eigenvalue weighted by Gasteiger charge is -2.25. The molecule has 1 aromatic carbocycles. The van der Waals surface area contributed by atoms with Crippen LogP contribution in [0.5, 0.6) is 0 Å². The van der Waals surface area contributed by atoms with Crippen molar-refractivity contribution in [1.82, 2.24) is 9.62 Å². The Hall–Kier alpha value is -1.70. The summed E-state index contributed by atoms with van der Waals surface area (Å²) >= 11 is 1.29. The van der Waals surface area contributed by atoms with E-state index >= 15 is 0 Å². The second-order valence-corrected chi connectivity index (χ2v) is 10.4. The highest BCUT2D eigenvalue weighted by atomic mass is 32.2. The minimum atomic E-state index is -3.40. The van der Waals surface area contributed by atoms with Crippen LogP contribution in [0.25, 0.3) is 10.4 Å². The van der Waals surface area contributed by atoms with E-state index in [4.69, 9.17) is 0 Å². The molecule has 0 unspecified atom stereocenters. The number of amides is 1. The van der Waals surface area contributed by atoms with Crippen LogP contribution in [0.4, 0.5) is 0 Å². The van der Waals surface area contributed by atoms with Crippen LogP contribution in [0.1, 0.15) is 55.8 Å². The summed E-state index contributed by atoms with van der Waals surface area (Å²) in [7, 11) is -3.40. The summed E-state index contributed by atoms with van der Waals surface area (Å²) in [4.78, 5) is 13.1. The molecule has 2 heterocycles. The average molecular weight is 421 g/mol. The number of nitrogens with zero attached hydrogens (tertiary/aromatic N) is 1. The molecule has 0 radical (unpaired) electrons. The topological polar surface area (TPSA) is 66.5 Å². The van der Waals surface area contributed by atoms with Gasteiger partial charge in [0.1, 0.15) is 4.21 Å². The van der Waals surface area contributed by atoms with Gasteiger partial charge in [-0.1, -0.05) is 38.3 Å². The van der Waals surface area contributed by atoms with Gasteiger partial charge in [0.05, 0.1) is 0 Å². The number of piperidine rings is 1. The molecule has 1 aliphatic heterocycles. The minimum absolute atomic E-state index is 0.0674. The zero-order chi connectivity index (χ0) is 20.0. The van der Waals surface area contributed by atoms with Crippen LogP contribution in [0.15, 0.2) is 40.6 Å². The number of hydrogen-bond donors (Lipinski definition) is 1. The third-order valence-electron chi connectivity index (χ3n) is 4.99. The van der Waals surface area contributed by atoms with E-state index in [0.29, 0.717) is 29.4 Å². The maximum atomic E-state index is 12.8. The molecule has 0 bridgehead atoms. The molecule has 0 spiro atoms. The quantitative estimate of drug-likeness (QED) is 0.639. The van der Waals surface area contributed by atoms with E-state index in [1.165, 1.54) is 11.3 Å². The molecule has 0 aliphatic carbocycles. The number of hydrogen-bond acceptors (Lipinski definition) is 4. The SMILES string of the molecule is CCCCCNC(=O)c1ccc(-c2ccc(S(=O)(=O)N3CCCCC3)s2)cc1. The van der Waals surface area contributed by atoms with Crippen molar-refractivity contribution in [1.29, 1.82) is 0 Å². The Balaban J connectivity index is 1.67. The van der Waals surface area contributed by atoms with Crippen LogP contribution in [-0.2, 0) is 10.0 Å². The van der Waals surface area contributed by atoms with Crippen LogP contribution >= 0.6 is 11.3 Å². The number of carbonyl (C=O) groups is 1. The molecule has 0 saturated carbocycles. The number of carbonyl (C=O) groups excluding carboxylic acids is 1. The summed E-state index contributed by atoms with van der Waals surface area (Å²) in [6, 6.07) is 10.9. The average Bonchev–Trinajstić information content (AvgIpc) is 3.23. The van der Waals surface area contributed by atoms with Gasteiger partial charge in [-0.25, -0.2) is 8.42 Å². The Morgan fingerprint density at radius 2 is 1.75 bits per heavy atom. The maximum Gasteiger partial charge on any atom is 0.252 e. The second kappa shape index (κ2) is 9.67. The first-order valence-electron chi connectivity index (χ1n) is 10.0. The molecule has 28 heavy (non-hydrogen) atoms. The zero-order valence-corrected chi connectivity index (χ0v) is 17.9. The molecule has 3 rings (SSSR count). The van der Waals surface area contributed by atoms with Gasteiger partial charge in [-0.05, 0) is 49.1 Å². The molecule has 7 heteroatoms. The summed E-state index contributed by atoms with van der Waals surface area (Å²) in [6.07, 6.45) is 6.18. The lowest BCUT2D eigenvalue weighted by molar-refractivity contribution is 0.0953. The van der Waals surface area contributed by atoms with Crippen molar-refractivity contribution in [2.75, 3.05) is 19.6 Å². The molecule has 1 aliphatic rings. The summed E-state index contributed by atoms with van der Waals surface area (Å²) in [6.45, 7) is 4.04. The Labute approximate surface area is 171 Å². The summed E-state index contributed by atoms with van der Waals surface area (Å²) in [5.41, 5.74) is 1.55. The number of unbranched alkanes of at least 4 members (excludes halogenated alkanes) is 2. The highest BCUT2D eigenvalue weighted by molar-refractivity contribution is 7.91. The molecule has 1 saturated heterocycles. The first kappa shape index (κ1) is 21.0. The van der Waals surface area contributed by atoms with Crippen LogP contribution in [-0.4, -0.2) is 38.3 Å². The summed E-state index contributed by atoms with van der Waals surface area (Å²) in [5.74, 6) is -0.0674. The van der Waals surface area contributed by atoms with E-state index in [-0.39, 0.29) is 5.91 Å². The predicted octanol–water partition coefficient (Wildman–Crippen LogP) is 4.51. The lowest BCUT2D eigenvalue weighted by Crippen LogP contribution is -2.35. The molecular formula is C21H28N2O3S2. The number of sulfonamides is 1. The molecule has 5 nitrogen and oxygen atoms in total. The van der Waals surface area contributed by atoms with Crippen molar-refractivity contribution in [3.63, 3.8) is 0 Å². The lowest BCUT2D eigenvalue weighted by atomic mass is 10.1. The fourth-order valence-electron chi connectivity index (χ4n) is 3.31. The van der Waals surface area contributed by atoms with E-state index in [1.54, 1.807) is 22.5 Å². The fraction of sp³-hybridized carbons (Fsp3) is 0.476. The molecule has 1 aromatic heterocycles. The molecule has 2 aromatic rings. The van der Waals surface area contributed by atoms with Gasteiger partial charge < -0.3 is 5.32 Å². The maximum absolute atomic E-state index is 12.8. The van der Waals surface area contributed by atoms with Crippen molar-refractivity contribution in [2.45, 2.75) is 49.7 Å². The van der Waals surface area contributed by atoms with Gasteiger partial charge in [0.15, 0.2) is 0 Å². The number of benzene rings is 1. The summed E-state index contributed by atoms with van der Waals surface area (Å²) < 4.78 is 27.6. The standard InChI is InChI=1S/C21H28N2O3S2/c1-2-3-5-14-22-21(24)18-10-8-17(9-11-18)19-12-13-20(27-19)28(25,26)23-15-6-4-7-16-23/h8-13H,2-7,14-16H2,1H3,(H,22,24). The smallest absolute Gasteiger partial charge is 0.252 e. The van der Waals surface area contributed by atoms with Gasteiger partial charge in [0, 0.05) is 30.1 Å². The second-order valence-electron chi connectivity index (χ2n) is 7.12. The third-order valence-corrected chi connectivity index (χ3v) is 8.49. The largest absolute Gasteiger partial charge is 0.352 e. The van der Waals surface area contributed by atoms with Crippen LogP contribution in [0, 0.1) is 0 Å². The van der Waals surface area contributed by atoms with Gasteiger partial charge >= 0.3 is 0 Å². The fourth-order valence-corrected chi connectivity index (χ4v) is 6.29. The number of nitrogens with one attached hydrogen (secondary N) is 1. The van der Waals surface area contributed by atoms with E-state index in [0.717, 1.165) is 49.0 Å². The Morgan fingerprint density at radius 1 is 1.04 bits per heavy atom. The first-order valence-corrected chi connectivity index (χ1v) is 12.3. The van der Waals surface area contributed by atoms with E-state index in [1.807, 2.05) is 18.2 Å². The monoisotopic (exact) mass is 420 g/mol.